The molecule has 0 saturated carbocycles. The van der Waals surface area contributed by atoms with Gasteiger partial charge in [0.25, 0.3) is 11.8 Å². The third-order valence-electron chi connectivity index (χ3n) is 8.17. The van der Waals surface area contributed by atoms with E-state index >= 15 is 0 Å². The van der Waals surface area contributed by atoms with E-state index in [1.807, 2.05) is 24.3 Å². The molecule has 0 fully saturated rings. The number of hydrogen-bond acceptors (Lipinski definition) is 7. The first-order valence-corrected chi connectivity index (χ1v) is 16.0. The van der Waals surface area contributed by atoms with Crippen molar-refractivity contribution in [3.05, 3.63) is 143 Å². The predicted octanol–water partition coefficient (Wildman–Crippen LogP) is 7.43. The number of aryl methyl sites for hydroxylation is 1. The largest absolute Gasteiger partial charge is 0.497 e. The summed E-state index contributed by atoms with van der Waals surface area (Å²) in [6, 6.07) is 33.6. The smallest absolute Gasteiger partial charge is 0.323 e. The van der Waals surface area contributed by atoms with E-state index in [2.05, 4.69) is 46.6 Å². The number of rotatable bonds is 12. The normalized spacial score (nSPS) is 10.8. The highest BCUT2D eigenvalue weighted by atomic mass is 19.1. The Morgan fingerprint density at radius 1 is 0.824 bits per heavy atom. The summed E-state index contributed by atoms with van der Waals surface area (Å²) in [7, 11) is 1.43. The molecule has 51 heavy (non-hydrogen) atoms. The van der Waals surface area contributed by atoms with E-state index in [1.165, 1.54) is 54.0 Å². The molecule has 2 amide bonds. The Labute approximate surface area is 293 Å². The molecule has 0 radical (unpaired) electrons. The summed E-state index contributed by atoms with van der Waals surface area (Å²) >= 11 is 0. The van der Waals surface area contributed by atoms with Crippen molar-refractivity contribution in [1.29, 1.82) is 0 Å². The average molecular weight is 685 g/mol. The van der Waals surface area contributed by atoms with Crippen LogP contribution >= 0.6 is 0 Å². The molecule has 6 rings (SSSR count). The molecule has 256 valence electrons. The van der Waals surface area contributed by atoms with Crippen molar-refractivity contribution < 1.29 is 33.1 Å². The number of carboxylic acids is 1. The quantitative estimate of drug-likeness (QED) is 0.136. The van der Waals surface area contributed by atoms with Crippen molar-refractivity contribution in [2.75, 3.05) is 19.0 Å². The molecule has 0 bridgehead atoms. The van der Waals surface area contributed by atoms with Gasteiger partial charge in [0.1, 0.15) is 18.1 Å². The third-order valence-corrected chi connectivity index (χ3v) is 8.17. The fraction of sp³-hybridized carbons (Fsp3) is 0.125. The Balaban J connectivity index is 1.08. The molecular weight excluding hydrogens is 651 g/mol. The molecule has 0 saturated heterocycles. The maximum Gasteiger partial charge on any atom is 0.323 e. The summed E-state index contributed by atoms with van der Waals surface area (Å²) in [6.07, 6.45) is -0.196. The maximum atomic E-state index is 14.3. The zero-order valence-electron chi connectivity index (χ0n) is 27.8. The molecule has 0 aliphatic heterocycles. The van der Waals surface area contributed by atoms with Gasteiger partial charge in [0.2, 0.25) is 11.7 Å². The number of carboxylic acid groups (broad SMARTS) is 1. The van der Waals surface area contributed by atoms with Gasteiger partial charge >= 0.3 is 5.97 Å². The zero-order chi connectivity index (χ0) is 35.9. The first kappa shape index (κ1) is 34.3. The van der Waals surface area contributed by atoms with Gasteiger partial charge in [-0.1, -0.05) is 77.5 Å². The van der Waals surface area contributed by atoms with Crippen LogP contribution in [0.1, 0.15) is 27.0 Å². The first-order chi connectivity index (χ1) is 24.6. The van der Waals surface area contributed by atoms with E-state index in [4.69, 9.17) is 9.26 Å². The van der Waals surface area contributed by atoms with E-state index in [-0.39, 0.29) is 24.1 Å². The van der Waals surface area contributed by atoms with Crippen LogP contribution in [0.15, 0.2) is 120 Å². The van der Waals surface area contributed by atoms with Crippen molar-refractivity contribution in [1.82, 2.24) is 15.0 Å². The molecule has 0 spiro atoms. The van der Waals surface area contributed by atoms with Crippen LogP contribution in [0.3, 0.4) is 0 Å². The zero-order valence-corrected chi connectivity index (χ0v) is 27.8. The van der Waals surface area contributed by atoms with Gasteiger partial charge in [-0.2, -0.15) is 4.98 Å². The lowest BCUT2D eigenvalue weighted by molar-refractivity contribution is -0.137. The monoisotopic (exact) mass is 684 g/mol. The number of carbonyl (C=O) groups excluding carboxylic acids is 2. The van der Waals surface area contributed by atoms with Gasteiger partial charge in [-0.15, -0.1) is 0 Å². The molecule has 0 atom stereocenters. The fourth-order valence-corrected chi connectivity index (χ4v) is 5.41. The second kappa shape index (κ2) is 15.3. The van der Waals surface area contributed by atoms with Gasteiger partial charge in [0, 0.05) is 35.0 Å². The van der Waals surface area contributed by atoms with Crippen molar-refractivity contribution in [3.63, 3.8) is 0 Å². The third kappa shape index (κ3) is 8.52. The molecule has 0 unspecified atom stereocenters. The average Bonchev–Trinajstić information content (AvgIpc) is 3.63. The van der Waals surface area contributed by atoms with Crippen LogP contribution in [0, 0.1) is 12.7 Å². The van der Waals surface area contributed by atoms with E-state index in [9.17, 15) is 23.9 Å². The summed E-state index contributed by atoms with van der Waals surface area (Å²) in [5.41, 5.74) is 6.39. The molecule has 5 aromatic carbocycles. The van der Waals surface area contributed by atoms with Crippen molar-refractivity contribution in [2.45, 2.75) is 19.9 Å². The maximum absolute atomic E-state index is 14.3. The number of amides is 2. The highest BCUT2D eigenvalue weighted by Gasteiger charge is 2.20. The number of nitrogens with one attached hydrogen (secondary N) is 1. The van der Waals surface area contributed by atoms with Crippen LogP contribution < -0.4 is 10.1 Å². The number of nitrogens with zero attached hydrogens (tertiary/aromatic N) is 3. The van der Waals surface area contributed by atoms with Crippen LogP contribution in [0.4, 0.5) is 10.1 Å². The Morgan fingerprint density at radius 2 is 1.45 bits per heavy atom. The lowest BCUT2D eigenvalue weighted by Gasteiger charge is -2.21. The lowest BCUT2D eigenvalue weighted by atomic mass is 10.0. The Hall–Kier alpha value is -6.62. The van der Waals surface area contributed by atoms with E-state index < -0.39 is 30.1 Å². The molecule has 1 aromatic heterocycles. The van der Waals surface area contributed by atoms with Gasteiger partial charge in [0.05, 0.1) is 13.5 Å². The first-order valence-electron chi connectivity index (χ1n) is 16.0. The summed E-state index contributed by atoms with van der Waals surface area (Å²) < 4.78 is 24.8. The van der Waals surface area contributed by atoms with Gasteiger partial charge < -0.3 is 24.6 Å². The lowest BCUT2D eigenvalue weighted by Crippen LogP contribution is -2.35. The summed E-state index contributed by atoms with van der Waals surface area (Å²) in [4.78, 5) is 43.3. The molecular formula is C40H33FN4O6. The topological polar surface area (TPSA) is 135 Å². The number of benzene rings is 5. The number of carbonyl (C=O) groups is 3. The number of aliphatic carboxylic acids is 1. The summed E-state index contributed by atoms with van der Waals surface area (Å²) in [5, 5.41) is 16.4. The Bertz CT molecular complexity index is 2160. The number of hydrogen-bond donors (Lipinski definition) is 2. The second-order valence-corrected chi connectivity index (χ2v) is 11.9. The minimum atomic E-state index is -1.17. The van der Waals surface area contributed by atoms with Crippen LogP contribution in [-0.4, -0.2) is 51.6 Å². The highest BCUT2D eigenvalue weighted by Crippen LogP contribution is 2.27. The number of methoxy groups -OCH3 is 1. The van der Waals surface area contributed by atoms with Gasteiger partial charge in [-0.05, 0) is 71.6 Å². The SMILES string of the molecule is COc1ccc(CC(=O)Nc2ccc(C(=O)N(CC(=O)O)Cc3ccc(-c4noc(-c5ccc(-c6ccc(C)cc6)cc5)n4)cc3)cc2)c(F)c1. The van der Waals surface area contributed by atoms with Crippen LogP contribution in [0.25, 0.3) is 34.0 Å². The van der Waals surface area contributed by atoms with Crippen molar-refractivity contribution in [3.8, 4) is 39.7 Å². The number of anilines is 1. The van der Waals surface area contributed by atoms with Crippen molar-refractivity contribution >= 4 is 23.5 Å². The summed E-state index contributed by atoms with van der Waals surface area (Å²) in [6.45, 7) is 1.56. The molecule has 2 N–H and O–H groups in total. The van der Waals surface area contributed by atoms with E-state index in [0.29, 0.717) is 34.3 Å². The number of ether oxygens (including phenoxy) is 1. The van der Waals surface area contributed by atoms with Gasteiger partial charge in [0.15, 0.2) is 0 Å². The van der Waals surface area contributed by atoms with Crippen molar-refractivity contribution in [2.24, 2.45) is 0 Å². The molecule has 1 heterocycles. The molecule has 6 aromatic rings. The number of aromatic nitrogens is 2. The second-order valence-electron chi connectivity index (χ2n) is 11.9. The van der Waals surface area contributed by atoms with E-state index in [0.717, 1.165) is 16.7 Å². The van der Waals surface area contributed by atoms with Crippen LogP contribution in [0.2, 0.25) is 0 Å². The Kier molecular flexibility index (Phi) is 10.3. The Morgan fingerprint density at radius 3 is 2.08 bits per heavy atom. The number of halogens is 1. The van der Waals surface area contributed by atoms with Crippen LogP contribution in [0.5, 0.6) is 5.75 Å². The van der Waals surface area contributed by atoms with E-state index in [1.54, 1.807) is 30.3 Å². The standard InChI is InChI=1S/C40H33FN4O6/c1-25-3-7-27(8-4-25)28-11-13-30(14-12-28)39-43-38(44-51-39)29-9-5-26(6-10-29)23-45(24-37(47)48)40(49)31-15-18-33(19-16-31)42-36(46)21-32-17-20-34(50-2)22-35(32)41/h3-20,22H,21,23-24H2,1-2H3,(H,42,46)(H,47,48). The predicted molar refractivity (Wildman–Crippen MR) is 189 cm³/mol. The minimum Gasteiger partial charge on any atom is -0.497 e. The minimum absolute atomic E-state index is 0.0299. The fourth-order valence-electron chi connectivity index (χ4n) is 5.41. The van der Waals surface area contributed by atoms with Crippen LogP contribution in [-0.2, 0) is 22.6 Å². The molecule has 0 aliphatic carbocycles. The van der Waals surface area contributed by atoms with Gasteiger partial charge in [-0.3, -0.25) is 14.4 Å². The summed E-state index contributed by atoms with van der Waals surface area (Å²) in [5.74, 6) is -1.56. The molecule has 10 nitrogen and oxygen atoms in total. The molecule has 0 aliphatic rings. The molecule has 11 heteroatoms. The van der Waals surface area contributed by atoms with Gasteiger partial charge in [-0.25, -0.2) is 4.39 Å². The highest BCUT2D eigenvalue weighted by molar-refractivity contribution is 5.97.